The first kappa shape index (κ1) is 17.4. The molecular weight excluding hydrogens is 321 g/mol. The molecule has 132 valence electrons. The summed E-state index contributed by atoms with van der Waals surface area (Å²) < 4.78 is 18.1. The number of ether oxygens (including phenoxy) is 1. The third kappa shape index (κ3) is 3.79. The van der Waals surface area contributed by atoms with Crippen molar-refractivity contribution in [2.24, 2.45) is 5.73 Å². The van der Waals surface area contributed by atoms with Gasteiger partial charge in [-0.05, 0) is 44.0 Å². The van der Waals surface area contributed by atoms with Gasteiger partial charge in [0.2, 0.25) is 0 Å². The minimum Gasteiger partial charge on any atom is -0.489 e. The fourth-order valence-corrected chi connectivity index (χ4v) is 3.01. The topological polar surface area (TPSA) is 68.5 Å². The Labute approximate surface area is 146 Å². The monoisotopic (exact) mass is 343 g/mol. The van der Waals surface area contributed by atoms with Crippen molar-refractivity contribution in [3.05, 3.63) is 47.9 Å². The maximum absolute atomic E-state index is 12.6. The number of carbonyl (C=O) groups excluding carboxylic acids is 1. The van der Waals surface area contributed by atoms with Gasteiger partial charge in [-0.15, -0.1) is 0 Å². The van der Waals surface area contributed by atoms with Crippen molar-refractivity contribution in [3.8, 4) is 5.75 Å². The van der Waals surface area contributed by atoms with Crippen LogP contribution in [0.4, 0.5) is 4.39 Å². The molecule has 5 nitrogen and oxygen atoms in total. The Bertz CT molecular complexity index is 806. The fraction of sp³-hybridized carbons (Fsp3) is 0.368. The third-order valence-corrected chi connectivity index (χ3v) is 4.53. The number of fused-ring (bicyclic) bond motifs is 1. The molecule has 1 aromatic carbocycles. The molecule has 1 aliphatic heterocycles. The quantitative estimate of drug-likeness (QED) is 0.906. The van der Waals surface area contributed by atoms with E-state index < -0.39 is 0 Å². The molecule has 2 N–H and O–H groups in total. The number of pyridine rings is 1. The van der Waals surface area contributed by atoms with Gasteiger partial charge in [0.05, 0.1) is 11.8 Å². The smallest absolute Gasteiger partial charge is 0.272 e. The van der Waals surface area contributed by atoms with Crippen molar-refractivity contribution >= 4 is 16.8 Å². The van der Waals surface area contributed by atoms with Crippen LogP contribution in [-0.4, -0.2) is 41.5 Å². The molecule has 1 fully saturated rings. The Morgan fingerprint density at radius 2 is 2.28 bits per heavy atom. The maximum atomic E-state index is 12.6. The Morgan fingerprint density at radius 1 is 1.44 bits per heavy atom. The molecule has 1 amide bonds. The van der Waals surface area contributed by atoms with Crippen molar-refractivity contribution in [1.29, 1.82) is 0 Å². The minimum atomic E-state index is -0.0205. The summed E-state index contributed by atoms with van der Waals surface area (Å²) in [6, 6.07) is 9.25. The highest BCUT2D eigenvalue weighted by Gasteiger charge is 2.26. The van der Waals surface area contributed by atoms with Crippen molar-refractivity contribution in [2.45, 2.75) is 25.8 Å². The predicted molar refractivity (Wildman–Crippen MR) is 95.2 cm³/mol. The Balaban J connectivity index is 1.78. The maximum Gasteiger partial charge on any atom is 0.272 e. The molecule has 25 heavy (non-hydrogen) atoms. The van der Waals surface area contributed by atoms with Crippen LogP contribution in [0.5, 0.6) is 5.75 Å². The number of likely N-dealkylation sites (tertiary alicyclic amines) is 1. The predicted octanol–water partition coefficient (Wildman–Crippen LogP) is 3.05. The fourth-order valence-electron chi connectivity index (χ4n) is 3.01. The average Bonchev–Trinajstić information content (AvgIpc) is 3.07. The van der Waals surface area contributed by atoms with E-state index in [2.05, 4.69) is 11.9 Å². The summed E-state index contributed by atoms with van der Waals surface area (Å²) in [5.74, 6) is 0.585. The van der Waals surface area contributed by atoms with E-state index in [4.69, 9.17) is 10.5 Å². The Hall–Kier alpha value is -2.47. The van der Waals surface area contributed by atoms with Crippen LogP contribution in [-0.2, 0) is 0 Å². The number of nitrogens with two attached hydrogens (primary N) is 1. The van der Waals surface area contributed by atoms with Crippen molar-refractivity contribution in [2.75, 3.05) is 19.7 Å². The van der Waals surface area contributed by atoms with E-state index in [0.29, 0.717) is 23.3 Å². The van der Waals surface area contributed by atoms with Crippen LogP contribution in [0.2, 0.25) is 0 Å². The van der Waals surface area contributed by atoms with Crippen LogP contribution < -0.4 is 10.5 Å². The molecule has 2 heterocycles. The second-order valence-electron chi connectivity index (χ2n) is 6.30. The molecule has 1 atom stereocenters. The average molecular weight is 343 g/mol. The van der Waals surface area contributed by atoms with Gasteiger partial charge in [0, 0.05) is 30.1 Å². The van der Waals surface area contributed by atoms with Gasteiger partial charge in [-0.1, -0.05) is 6.07 Å². The van der Waals surface area contributed by atoms with E-state index in [1.54, 1.807) is 18.2 Å². The van der Waals surface area contributed by atoms with Gasteiger partial charge in [0.1, 0.15) is 18.1 Å². The number of carbonyl (C=O) groups is 1. The summed E-state index contributed by atoms with van der Waals surface area (Å²) in [6.45, 7) is 3.08. The summed E-state index contributed by atoms with van der Waals surface area (Å²) >= 11 is 0. The number of amides is 1. The number of nitrogens with zero attached hydrogens (tertiary/aromatic N) is 2. The molecular formula is C19H22FN3O2. The highest BCUT2D eigenvalue weighted by molar-refractivity contribution is 5.95. The van der Waals surface area contributed by atoms with Crippen LogP contribution in [0.3, 0.4) is 0 Å². The second kappa shape index (κ2) is 7.61. The van der Waals surface area contributed by atoms with Gasteiger partial charge in [-0.25, -0.2) is 9.37 Å². The zero-order valence-corrected chi connectivity index (χ0v) is 14.2. The molecule has 0 saturated carbocycles. The largest absolute Gasteiger partial charge is 0.489 e. The molecule has 6 heteroatoms. The van der Waals surface area contributed by atoms with E-state index in [1.807, 2.05) is 17.0 Å². The molecule has 1 unspecified atom stereocenters. The van der Waals surface area contributed by atoms with E-state index in [-0.39, 0.29) is 25.1 Å². The van der Waals surface area contributed by atoms with Crippen LogP contribution >= 0.6 is 0 Å². The van der Waals surface area contributed by atoms with Crippen molar-refractivity contribution < 1.29 is 13.9 Å². The normalized spacial score (nSPS) is 18.0. The molecule has 1 aromatic heterocycles. The molecule has 1 saturated heterocycles. The zero-order valence-electron chi connectivity index (χ0n) is 14.2. The zero-order chi connectivity index (χ0) is 17.8. The number of benzene rings is 1. The Kier molecular flexibility index (Phi) is 5.28. The first-order valence-electron chi connectivity index (χ1n) is 8.45. The van der Waals surface area contributed by atoms with Crippen molar-refractivity contribution in [3.63, 3.8) is 0 Å². The Morgan fingerprint density at radius 3 is 2.96 bits per heavy atom. The lowest BCUT2D eigenvalue weighted by atomic mass is 10.1. The molecule has 2 aromatic rings. The van der Waals surface area contributed by atoms with E-state index in [9.17, 15) is 9.18 Å². The molecule has 0 radical (unpaired) electrons. The van der Waals surface area contributed by atoms with Crippen LogP contribution in [0, 0.1) is 0 Å². The van der Waals surface area contributed by atoms with Crippen LogP contribution in [0.15, 0.2) is 42.2 Å². The van der Waals surface area contributed by atoms with Crippen molar-refractivity contribution in [1.82, 2.24) is 9.88 Å². The first-order chi connectivity index (χ1) is 12.1. The van der Waals surface area contributed by atoms with E-state index in [1.165, 1.54) is 0 Å². The summed E-state index contributed by atoms with van der Waals surface area (Å²) in [5.41, 5.74) is 6.98. The highest BCUT2D eigenvalue weighted by atomic mass is 19.1. The molecule has 0 spiro atoms. The lowest BCUT2D eigenvalue weighted by Crippen LogP contribution is -2.34. The molecule has 1 aliphatic rings. The third-order valence-electron chi connectivity index (χ3n) is 4.53. The molecule has 0 bridgehead atoms. The number of rotatable bonds is 5. The van der Waals surface area contributed by atoms with Gasteiger partial charge in [-0.2, -0.15) is 0 Å². The van der Waals surface area contributed by atoms with Gasteiger partial charge in [0.15, 0.2) is 0 Å². The molecule has 0 aliphatic carbocycles. The summed E-state index contributed by atoms with van der Waals surface area (Å²) in [7, 11) is 0. The van der Waals surface area contributed by atoms with Gasteiger partial charge in [-0.3, -0.25) is 4.79 Å². The second-order valence-corrected chi connectivity index (χ2v) is 6.30. The standard InChI is InChI=1S/C19H22FN3O2/c1-13-3-2-8-23(13)19(24)18-6-4-15-9-16(5-7-17(15)22-18)25-12-14(10-20)11-21/h4-7,9-10,13H,2-3,8,11-12,21H2,1H3/b14-10+. The van der Waals surface area contributed by atoms with Gasteiger partial charge < -0.3 is 15.4 Å². The summed E-state index contributed by atoms with van der Waals surface area (Å²) in [5, 5.41) is 0.863. The SMILES string of the molecule is CC1CCCN1C(=O)c1ccc2cc(OC/C(=C/F)CN)ccc2n1. The molecule has 3 rings (SSSR count). The minimum absolute atomic E-state index is 0.0205. The summed E-state index contributed by atoms with van der Waals surface area (Å²) in [6.07, 6.45) is 2.55. The lowest BCUT2D eigenvalue weighted by Gasteiger charge is -2.21. The number of aromatic nitrogens is 1. The highest BCUT2D eigenvalue weighted by Crippen LogP contribution is 2.23. The first-order valence-corrected chi connectivity index (χ1v) is 8.45. The van der Waals surface area contributed by atoms with Crippen LogP contribution in [0.1, 0.15) is 30.3 Å². The number of hydrogen-bond donors (Lipinski definition) is 1. The number of hydrogen-bond acceptors (Lipinski definition) is 4. The lowest BCUT2D eigenvalue weighted by molar-refractivity contribution is 0.0742. The van der Waals surface area contributed by atoms with E-state index in [0.717, 1.165) is 30.3 Å². The van der Waals surface area contributed by atoms with Crippen LogP contribution in [0.25, 0.3) is 10.9 Å². The number of halogens is 1. The van der Waals surface area contributed by atoms with Gasteiger partial charge in [0.25, 0.3) is 5.91 Å². The summed E-state index contributed by atoms with van der Waals surface area (Å²) in [4.78, 5) is 19.0. The van der Waals surface area contributed by atoms with E-state index >= 15 is 0 Å². The van der Waals surface area contributed by atoms with Gasteiger partial charge >= 0.3 is 0 Å².